The largest absolute Gasteiger partial charge is 0.493 e. The minimum Gasteiger partial charge on any atom is -0.493 e. The first-order chi connectivity index (χ1) is 13.8. The fourth-order valence-corrected chi connectivity index (χ4v) is 3.58. The van der Waals surface area contributed by atoms with Gasteiger partial charge in [-0.1, -0.05) is 18.2 Å². The average Bonchev–Trinajstić information content (AvgIpc) is 2.71. The Hall–Kier alpha value is -3.55. The van der Waals surface area contributed by atoms with Gasteiger partial charge < -0.3 is 25.2 Å². The summed E-state index contributed by atoms with van der Waals surface area (Å²) in [5, 5.41) is 9.34. The van der Waals surface area contributed by atoms with E-state index in [0.29, 0.717) is 17.1 Å². The van der Waals surface area contributed by atoms with Gasteiger partial charge in [0.15, 0.2) is 11.5 Å². The molecule has 0 aliphatic carbocycles. The van der Waals surface area contributed by atoms with Crippen LogP contribution in [-0.4, -0.2) is 48.1 Å². The van der Waals surface area contributed by atoms with E-state index in [2.05, 4.69) is 0 Å². The molecule has 0 aromatic heterocycles. The summed E-state index contributed by atoms with van der Waals surface area (Å²) in [6.45, 7) is 0.164. The lowest BCUT2D eigenvalue weighted by Crippen LogP contribution is -2.51. The van der Waals surface area contributed by atoms with E-state index in [1.807, 2.05) is 0 Å². The van der Waals surface area contributed by atoms with Crippen LogP contribution >= 0.6 is 0 Å². The van der Waals surface area contributed by atoms with Crippen molar-refractivity contribution in [2.45, 2.75) is 25.4 Å². The average molecular weight is 398 g/mol. The molecule has 1 aliphatic heterocycles. The molecule has 0 bridgehead atoms. The van der Waals surface area contributed by atoms with Gasteiger partial charge in [0.2, 0.25) is 11.8 Å². The maximum atomic E-state index is 13.0. The molecule has 1 atom stereocenters. The van der Waals surface area contributed by atoms with E-state index < -0.39 is 17.9 Å². The predicted molar refractivity (Wildman–Crippen MR) is 104 cm³/mol. The standard InChI is InChI=1S/C21H22N2O6/c1-28-17-8-13-7-16(20(22)25)23(11-14(13)9-18(17)29-2)19(24)10-12-5-3-4-6-15(12)21(26)27/h3-6,8-9,16H,7,10-11H2,1-2H3,(H2,22,25)(H,26,27). The van der Waals surface area contributed by atoms with Gasteiger partial charge in [0.05, 0.1) is 26.2 Å². The van der Waals surface area contributed by atoms with Gasteiger partial charge in [0.1, 0.15) is 6.04 Å². The summed E-state index contributed by atoms with van der Waals surface area (Å²) < 4.78 is 10.6. The molecule has 3 N–H and O–H groups in total. The molecule has 29 heavy (non-hydrogen) atoms. The number of nitrogens with two attached hydrogens (primary N) is 1. The monoisotopic (exact) mass is 398 g/mol. The Morgan fingerprint density at radius 2 is 1.72 bits per heavy atom. The third kappa shape index (κ3) is 4.01. The van der Waals surface area contributed by atoms with Crippen molar-refractivity contribution in [2.75, 3.05) is 14.2 Å². The molecule has 8 heteroatoms. The van der Waals surface area contributed by atoms with Crippen LogP contribution in [0.2, 0.25) is 0 Å². The number of carbonyl (C=O) groups excluding carboxylic acids is 2. The first-order valence-corrected chi connectivity index (χ1v) is 8.99. The van der Waals surface area contributed by atoms with Gasteiger partial charge in [0, 0.05) is 13.0 Å². The van der Waals surface area contributed by atoms with Crippen LogP contribution in [-0.2, 0) is 29.0 Å². The van der Waals surface area contributed by atoms with Crippen LogP contribution in [0.5, 0.6) is 11.5 Å². The Bertz CT molecular complexity index is 972. The summed E-state index contributed by atoms with van der Waals surface area (Å²) in [6, 6.07) is 9.03. The molecule has 1 unspecified atom stereocenters. The summed E-state index contributed by atoms with van der Waals surface area (Å²) in [7, 11) is 3.04. The van der Waals surface area contributed by atoms with Gasteiger partial charge in [-0.3, -0.25) is 9.59 Å². The number of carbonyl (C=O) groups is 3. The number of fused-ring (bicyclic) bond motifs is 1. The molecule has 152 valence electrons. The lowest BCUT2D eigenvalue weighted by Gasteiger charge is -2.35. The number of amides is 2. The first-order valence-electron chi connectivity index (χ1n) is 8.99. The second kappa shape index (κ2) is 8.22. The summed E-state index contributed by atoms with van der Waals surface area (Å²) in [5.74, 6) is -1.05. The Balaban J connectivity index is 1.93. The predicted octanol–water partition coefficient (Wildman–Crippen LogP) is 1.38. The molecule has 2 aromatic carbocycles. The maximum absolute atomic E-state index is 13.0. The highest BCUT2D eigenvalue weighted by Crippen LogP contribution is 2.35. The van der Waals surface area contributed by atoms with E-state index >= 15 is 0 Å². The van der Waals surface area contributed by atoms with E-state index in [4.69, 9.17) is 15.2 Å². The quantitative estimate of drug-likeness (QED) is 0.759. The number of nitrogens with zero attached hydrogens (tertiary/aromatic N) is 1. The molecular formula is C21H22N2O6. The highest BCUT2D eigenvalue weighted by atomic mass is 16.5. The SMILES string of the molecule is COc1cc2c(cc1OC)CN(C(=O)Cc1ccccc1C(=O)O)C(C(N)=O)C2. The third-order valence-corrected chi connectivity index (χ3v) is 5.07. The zero-order chi connectivity index (χ0) is 21.1. The summed E-state index contributed by atoms with van der Waals surface area (Å²) in [6.07, 6.45) is 0.103. The van der Waals surface area contributed by atoms with Crippen LogP contribution in [0.25, 0.3) is 0 Å². The number of rotatable bonds is 6. The Morgan fingerprint density at radius 3 is 2.31 bits per heavy atom. The fourth-order valence-electron chi connectivity index (χ4n) is 3.58. The summed E-state index contributed by atoms with van der Waals surface area (Å²) in [5.41, 5.74) is 7.67. The van der Waals surface area contributed by atoms with E-state index in [0.717, 1.165) is 11.1 Å². The molecule has 2 aromatic rings. The van der Waals surface area contributed by atoms with Crippen molar-refractivity contribution in [3.63, 3.8) is 0 Å². The maximum Gasteiger partial charge on any atom is 0.335 e. The second-order valence-electron chi connectivity index (χ2n) is 6.76. The van der Waals surface area contributed by atoms with Gasteiger partial charge in [-0.25, -0.2) is 4.79 Å². The Labute approximate surface area is 167 Å². The van der Waals surface area contributed by atoms with Gasteiger partial charge in [-0.2, -0.15) is 0 Å². The van der Waals surface area contributed by atoms with Crippen LogP contribution in [0.1, 0.15) is 27.0 Å². The highest BCUT2D eigenvalue weighted by molar-refractivity contribution is 5.93. The molecule has 0 spiro atoms. The third-order valence-electron chi connectivity index (χ3n) is 5.07. The molecule has 3 rings (SSSR count). The fraction of sp³-hybridized carbons (Fsp3) is 0.286. The second-order valence-corrected chi connectivity index (χ2v) is 6.76. The molecular weight excluding hydrogens is 376 g/mol. The Kier molecular flexibility index (Phi) is 5.72. The van der Waals surface area contributed by atoms with Crippen molar-refractivity contribution >= 4 is 17.8 Å². The van der Waals surface area contributed by atoms with Crippen LogP contribution in [0.3, 0.4) is 0 Å². The van der Waals surface area contributed by atoms with Crippen LogP contribution in [0.4, 0.5) is 0 Å². The first kappa shape index (κ1) is 20.2. The molecule has 1 aliphatic rings. The molecule has 0 fully saturated rings. The zero-order valence-electron chi connectivity index (χ0n) is 16.2. The molecule has 0 saturated heterocycles. The van der Waals surface area contributed by atoms with E-state index in [1.54, 1.807) is 30.3 Å². The molecule has 2 amide bonds. The number of carboxylic acids is 1. The number of hydrogen-bond donors (Lipinski definition) is 2. The van der Waals surface area contributed by atoms with E-state index in [-0.39, 0.29) is 30.9 Å². The van der Waals surface area contributed by atoms with Crippen molar-refractivity contribution < 1.29 is 29.0 Å². The minimum absolute atomic E-state index is 0.0558. The molecule has 0 saturated carbocycles. The number of methoxy groups -OCH3 is 2. The van der Waals surface area contributed by atoms with Gasteiger partial charge in [-0.05, 0) is 34.9 Å². The minimum atomic E-state index is -1.11. The number of ether oxygens (including phenoxy) is 2. The van der Waals surface area contributed by atoms with Crippen molar-refractivity contribution in [1.29, 1.82) is 0 Å². The smallest absolute Gasteiger partial charge is 0.335 e. The van der Waals surface area contributed by atoms with Gasteiger partial charge in [0.25, 0.3) is 0 Å². The lowest BCUT2D eigenvalue weighted by atomic mass is 9.92. The van der Waals surface area contributed by atoms with Crippen molar-refractivity contribution in [1.82, 2.24) is 4.90 Å². The van der Waals surface area contributed by atoms with Crippen molar-refractivity contribution in [2.24, 2.45) is 5.73 Å². The van der Waals surface area contributed by atoms with Crippen molar-refractivity contribution in [3.8, 4) is 11.5 Å². The van der Waals surface area contributed by atoms with E-state index in [1.165, 1.54) is 25.2 Å². The number of carboxylic acid groups (broad SMARTS) is 1. The summed E-state index contributed by atoms with van der Waals surface area (Å²) >= 11 is 0. The van der Waals surface area contributed by atoms with Crippen LogP contribution in [0, 0.1) is 0 Å². The Morgan fingerprint density at radius 1 is 1.10 bits per heavy atom. The molecule has 1 heterocycles. The zero-order valence-corrected chi connectivity index (χ0v) is 16.2. The normalized spacial score (nSPS) is 15.4. The molecule has 0 radical (unpaired) electrons. The number of benzene rings is 2. The number of hydrogen-bond acceptors (Lipinski definition) is 5. The highest BCUT2D eigenvalue weighted by Gasteiger charge is 2.34. The lowest BCUT2D eigenvalue weighted by molar-refractivity contribution is -0.140. The van der Waals surface area contributed by atoms with Crippen LogP contribution < -0.4 is 15.2 Å². The topological polar surface area (TPSA) is 119 Å². The van der Waals surface area contributed by atoms with Gasteiger partial charge in [-0.15, -0.1) is 0 Å². The van der Waals surface area contributed by atoms with Crippen LogP contribution in [0.15, 0.2) is 36.4 Å². The number of aromatic carboxylic acids is 1. The molecule has 8 nitrogen and oxygen atoms in total. The van der Waals surface area contributed by atoms with Gasteiger partial charge >= 0.3 is 5.97 Å². The van der Waals surface area contributed by atoms with E-state index in [9.17, 15) is 19.5 Å². The number of primary amides is 1. The summed E-state index contributed by atoms with van der Waals surface area (Å²) in [4.78, 5) is 37.9. The van der Waals surface area contributed by atoms with Crippen molar-refractivity contribution in [3.05, 3.63) is 58.7 Å².